The first kappa shape index (κ1) is 25.4. The van der Waals surface area contributed by atoms with Crippen LogP contribution in [0.2, 0.25) is 0 Å². The summed E-state index contributed by atoms with van der Waals surface area (Å²) in [6.07, 6.45) is 2.77. The van der Waals surface area contributed by atoms with E-state index in [9.17, 15) is 8.42 Å². The van der Waals surface area contributed by atoms with Crippen molar-refractivity contribution in [3.63, 3.8) is 0 Å². The molecule has 0 aliphatic rings. The number of rotatable bonds is 12. The van der Waals surface area contributed by atoms with Crippen LogP contribution in [0.15, 0.2) is 79.1 Å². The number of ether oxygens (including phenoxy) is 2. The zero-order valence-electron chi connectivity index (χ0n) is 20.4. The van der Waals surface area contributed by atoms with Crippen molar-refractivity contribution in [3.8, 4) is 11.5 Å². The van der Waals surface area contributed by atoms with E-state index >= 15 is 0 Å². The van der Waals surface area contributed by atoms with Crippen molar-refractivity contribution in [2.45, 2.75) is 6.61 Å². The number of hydrogen-bond acceptors (Lipinski definition) is 8. The Balaban J connectivity index is 1.36. The van der Waals surface area contributed by atoms with E-state index in [1.54, 1.807) is 0 Å². The molecule has 0 radical (unpaired) electrons. The molecule has 0 unspecified atom stereocenters. The molecule has 8 nitrogen and oxygen atoms in total. The van der Waals surface area contributed by atoms with Crippen LogP contribution in [-0.2, 0) is 16.4 Å². The molecule has 4 aromatic rings. The Morgan fingerprint density at radius 1 is 0.889 bits per heavy atom. The van der Waals surface area contributed by atoms with Crippen molar-refractivity contribution >= 4 is 32.2 Å². The summed E-state index contributed by atoms with van der Waals surface area (Å²) in [5.41, 5.74) is 2.79. The van der Waals surface area contributed by atoms with E-state index in [2.05, 4.69) is 15.3 Å². The highest BCUT2D eigenvalue weighted by Gasteiger charge is 2.08. The van der Waals surface area contributed by atoms with Gasteiger partial charge in [0.05, 0.1) is 11.3 Å². The molecule has 36 heavy (non-hydrogen) atoms. The third-order valence-electron chi connectivity index (χ3n) is 5.56. The molecule has 4 rings (SSSR count). The highest BCUT2D eigenvalue weighted by molar-refractivity contribution is 7.90. The minimum atomic E-state index is -2.98. The van der Waals surface area contributed by atoms with E-state index in [0.29, 0.717) is 37.9 Å². The Kier molecular flexibility index (Phi) is 8.35. The van der Waals surface area contributed by atoms with E-state index in [4.69, 9.17) is 9.47 Å². The topological polar surface area (TPSA) is 93.7 Å². The van der Waals surface area contributed by atoms with Crippen molar-refractivity contribution in [1.82, 2.24) is 14.9 Å². The average Bonchev–Trinajstić information content (AvgIpc) is 2.87. The average molecular weight is 507 g/mol. The monoisotopic (exact) mass is 506 g/mol. The molecule has 3 aromatic carbocycles. The molecule has 0 saturated carbocycles. The Bertz CT molecular complexity index is 1380. The lowest BCUT2D eigenvalue weighted by Crippen LogP contribution is -2.29. The maximum Gasteiger partial charge on any atom is 0.148 e. The summed E-state index contributed by atoms with van der Waals surface area (Å²) in [6.45, 7) is 2.04. The molecule has 0 bridgehead atoms. The van der Waals surface area contributed by atoms with Gasteiger partial charge in [0, 0.05) is 30.4 Å². The second-order valence-electron chi connectivity index (χ2n) is 8.61. The molecule has 9 heteroatoms. The first-order valence-electron chi connectivity index (χ1n) is 11.6. The van der Waals surface area contributed by atoms with Crippen LogP contribution in [0, 0.1) is 0 Å². The molecule has 0 amide bonds. The lowest BCUT2D eigenvalue weighted by atomic mass is 10.2. The van der Waals surface area contributed by atoms with Gasteiger partial charge in [0.1, 0.15) is 46.7 Å². The van der Waals surface area contributed by atoms with E-state index in [1.165, 1.54) is 12.6 Å². The largest absolute Gasteiger partial charge is 0.492 e. The van der Waals surface area contributed by atoms with Gasteiger partial charge in [0.15, 0.2) is 0 Å². The molecule has 1 aromatic heterocycles. The van der Waals surface area contributed by atoms with Gasteiger partial charge in [0.25, 0.3) is 0 Å². The van der Waals surface area contributed by atoms with Gasteiger partial charge in [0.2, 0.25) is 0 Å². The second-order valence-corrected chi connectivity index (χ2v) is 10.9. The number of benzene rings is 3. The molecule has 1 heterocycles. The predicted octanol–water partition coefficient (Wildman–Crippen LogP) is 4.31. The van der Waals surface area contributed by atoms with Crippen LogP contribution in [0.3, 0.4) is 0 Å². The predicted molar refractivity (Wildman–Crippen MR) is 143 cm³/mol. The quantitative estimate of drug-likeness (QED) is 0.304. The van der Waals surface area contributed by atoms with Crippen LogP contribution in [0.5, 0.6) is 11.5 Å². The van der Waals surface area contributed by atoms with Crippen molar-refractivity contribution in [2.24, 2.45) is 0 Å². The third kappa shape index (κ3) is 7.66. The zero-order valence-corrected chi connectivity index (χ0v) is 21.2. The molecule has 1 N–H and O–H groups in total. The first-order valence-corrected chi connectivity index (χ1v) is 13.7. The Labute approximate surface area is 211 Å². The number of nitrogens with zero attached hydrogens (tertiary/aromatic N) is 3. The van der Waals surface area contributed by atoms with E-state index in [1.807, 2.05) is 84.7 Å². The molecular formula is C27H30N4O4S. The van der Waals surface area contributed by atoms with E-state index in [0.717, 1.165) is 27.9 Å². The first-order chi connectivity index (χ1) is 17.4. The lowest BCUT2D eigenvalue weighted by molar-refractivity contribution is 0.244. The van der Waals surface area contributed by atoms with Gasteiger partial charge < -0.3 is 19.7 Å². The lowest BCUT2D eigenvalue weighted by Gasteiger charge is -2.16. The number of aromatic nitrogens is 2. The zero-order chi connectivity index (χ0) is 25.4. The molecule has 188 valence electrons. The summed E-state index contributed by atoms with van der Waals surface area (Å²) >= 11 is 0. The van der Waals surface area contributed by atoms with E-state index < -0.39 is 9.84 Å². The standard InChI is InChI=1S/C27H30N4O4S/c1-31(15-17-36(2,32)33)14-16-34-24-12-13-26-25(18-24)27(29-20-28-26)30-22-8-10-23(11-9-22)35-19-21-6-4-3-5-7-21/h3-13,18,20H,14-17,19H2,1-2H3,(H,28,29,30). The number of nitrogens with one attached hydrogen (secondary N) is 1. The number of anilines is 2. The summed E-state index contributed by atoms with van der Waals surface area (Å²) in [7, 11) is -1.10. The molecular weight excluding hydrogens is 476 g/mol. The fraction of sp³-hybridized carbons (Fsp3) is 0.259. The normalized spacial score (nSPS) is 11.5. The van der Waals surface area contributed by atoms with Crippen LogP contribution in [0.1, 0.15) is 5.56 Å². The summed E-state index contributed by atoms with van der Waals surface area (Å²) in [5, 5.41) is 4.19. The molecule has 0 aliphatic heterocycles. The van der Waals surface area contributed by atoms with Gasteiger partial charge >= 0.3 is 0 Å². The SMILES string of the molecule is CN(CCOc1ccc2ncnc(Nc3ccc(OCc4ccccc4)cc3)c2c1)CCS(C)(=O)=O. The maximum absolute atomic E-state index is 11.3. The van der Waals surface area contributed by atoms with Crippen LogP contribution < -0.4 is 14.8 Å². The van der Waals surface area contributed by atoms with Gasteiger partial charge in [-0.1, -0.05) is 30.3 Å². The Hall–Kier alpha value is -3.69. The van der Waals surface area contributed by atoms with Crippen molar-refractivity contribution in [2.75, 3.05) is 44.1 Å². The van der Waals surface area contributed by atoms with Gasteiger partial charge in [-0.05, 0) is 55.1 Å². The molecule has 0 fully saturated rings. The van der Waals surface area contributed by atoms with Crippen LogP contribution in [-0.4, -0.2) is 62.0 Å². The number of likely N-dealkylation sites (N-methyl/N-ethyl adjacent to an activating group) is 1. The minimum Gasteiger partial charge on any atom is -0.492 e. The molecule has 0 saturated heterocycles. The van der Waals surface area contributed by atoms with Gasteiger partial charge in [-0.2, -0.15) is 0 Å². The molecule has 0 aliphatic carbocycles. The fourth-order valence-electron chi connectivity index (χ4n) is 3.49. The highest BCUT2D eigenvalue weighted by atomic mass is 32.2. The maximum atomic E-state index is 11.3. The third-order valence-corrected chi connectivity index (χ3v) is 6.48. The van der Waals surface area contributed by atoms with Crippen molar-refractivity contribution < 1.29 is 17.9 Å². The highest BCUT2D eigenvalue weighted by Crippen LogP contribution is 2.27. The summed E-state index contributed by atoms with van der Waals surface area (Å²) in [5.74, 6) is 2.29. The van der Waals surface area contributed by atoms with Crippen LogP contribution in [0.25, 0.3) is 10.9 Å². The van der Waals surface area contributed by atoms with Gasteiger partial charge in [-0.25, -0.2) is 18.4 Å². The number of sulfone groups is 1. The van der Waals surface area contributed by atoms with Gasteiger partial charge in [-0.15, -0.1) is 0 Å². The Morgan fingerprint density at radius 2 is 1.64 bits per heavy atom. The van der Waals surface area contributed by atoms with E-state index in [-0.39, 0.29) is 5.75 Å². The molecule has 0 atom stereocenters. The van der Waals surface area contributed by atoms with Gasteiger partial charge in [-0.3, -0.25) is 0 Å². The molecule has 0 spiro atoms. The van der Waals surface area contributed by atoms with Crippen molar-refractivity contribution in [3.05, 3.63) is 84.7 Å². The number of hydrogen-bond donors (Lipinski definition) is 1. The Morgan fingerprint density at radius 3 is 2.39 bits per heavy atom. The minimum absolute atomic E-state index is 0.131. The summed E-state index contributed by atoms with van der Waals surface area (Å²) in [4.78, 5) is 10.7. The van der Waals surface area contributed by atoms with Crippen LogP contribution >= 0.6 is 0 Å². The smallest absolute Gasteiger partial charge is 0.148 e. The fourth-order valence-corrected chi connectivity index (χ4v) is 4.13. The summed E-state index contributed by atoms with van der Waals surface area (Å²) < 4.78 is 34.4. The van der Waals surface area contributed by atoms with Crippen LogP contribution in [0.4, 0.5) is 11.5 Å². The summed E-state index contributed by atoms with van der Waals surface area (Å²) in [6, 6.07) is 23.4. The second kappa shape index (κ2) is 11.8. The number of fused-ring (bicyclic) bond motifs is 1. The van der Waals surface area contributed by atoms with Crippen molar-refractivity contribution in [1.29, 1.82) is 0 Å².